The summed E-state index contributed by atoms with van der Waals surface area (Å²) in [7, 11) is 1.26. The van der Waals surface area contributed by atoms with Crippen molar-refractivity contribution in [3.05, 3.63) is 71.8 Å². The number of aromatic nitrogens is 4. The normalized spacial score (nSPS) is 12.0. The zero-order valence-corrected chi connectivity index (χ0v) is 20.1. The van der Waals surface area contributed by atoms with Gasteiger partial charge in [-0.1, -0.05) is 0 Å². The minimum atomic E-state index is -4.85. The van der Waals surface area contributed by atoms with Crippen LogP contribution in [0.25, 0.3) is 11.3 Å². The molecule has 0 aliphatic heterocycles. The summed E-state index contributed by atoms with van der Waals surface area (Å²) < 4.78 is 55.3. The third kappa shape index (κ3) is 6.09. The number of guanidine groups is 1. The molecule has 4 aromatic rings. The largest absolute Gasteiger partial charge is 0.508 e. The summed E-state index contributed by atoms with van der Waals surface area (Å²) in [6.07, 6.45) is -2.01. The summed E-state index contributed by atoms with van der Waals surface area (Å²) >= 11 is 1.51. The van der Waals surface area contributed by atoms with Gasteiger partial charge in [0.15, 0.2) is 11.5 Å². The number of hydrogen-bond acceptors (Lipinski definition) is 6. The Morgan fingerprint density at radius 1 is 1.16 bits per heavy atom. The van der Waals surface area contributed by atoms with Crippen LogP contribution in [0.1, 0.15) is 16.1 Å². The van der Waals surface area contributed by atoms with Gasteiger partial charge < -0.3 is 10.4 Å². The van der Waals surface area contributed by atoms with Crippen molar-refractivity contribution in [1.82, 2.24) is 25.3 Å². The van der Waals surface area contributed by atoms with Gasteiger partial charge in [-0.25, -0.2) is 4.39 Å². The minimum Gasteiger partial charge on any atom is -0.508 e. The van der Waals surface area contributed by atoms with Gasteiger partial charge in [-0.2, -0.15) is 28.4 Å². The van der Waals surface area contributed by atoms with Gasteiger partial charge in [0, 0.05) is 41.5 Å². The van der Waals surface area contributed by atoms with Gasteiger partial charge in [-0.05, 0) is 42.7 Å². The number of carbonyl (C=O) groups excluding carboxylic acids is 1. The molecule has 0 saturated carbocycles. The summed E-state index contributed by atoms with van der Waals surface area (Å²) in [5, 5.41) is 24.5. The van der Waals surface area contributed by atoms with Gasteiger partial charge in [-0.15, -0.1) is 11.8 Å². The monoisotopic (exact) mass is 533 g/mol. The van der Waals surface area contributed by atoms with E-state index in [1.54, 1.807) is 24.3 Å². The van der Waals surface area contributed by atoms with Crippen molar-refractivity contribution < 1.29 is 27.5 Å². The maximum Gasteiger partial charge on any atom is 0.435 e. The van der Waals surface area contributed by atoms with Gasteiger partial charge in [0.05, 0.1) is 11.3 Å². The first-order valence-corrected chi connectivity index (χ1v) is 11.7. The van der Waals surface area contributed by atoms with Crippen LogP contribution >= 0.6 is 11.8 Å². The number of aromatic amines is 1. The number of phenols is 1. The lowest BCUT2D eigenvalue weighted by atomic mass is 10.1. The quantitative estimate of drug-likeness (QED) is 0.125. The van der Waals surface area contributed by atoms with Crippen LogP contribution in [0.5, 0.6) is 5.75 Å². The topological polar surface area (TPSA) is 120 Å². The molecule has 0 fully saturated rings. The molecule has 0 radical (unpaired) electrons. The van der Waals surface area contributed by atoms with Gasteiger partial charge in [0.2, 0.25) is 5.96 Å². The third-order valence-corrected chi connectivity index (χ3v) is 5.70. The van der Waals surface area contributed by atoms with E-state index in [0.717, 1.165) is 21.8 Å². The number of alkyl halides is 3. The van der Waals surface area contributed by atoms with Crippen molar-refractivity contribution in [1.29, 1.82) is 0 Å². The molecule has 9 nitrogen and oxygen atoms in total. The highest BCUT2D eigenvalue weighted by molar-refractivity contribution is 7.98. The fourth-order valence-corrected chi connectivity index (χ4v) is 3.69. The van der Waals surface area contributed by atoms with Crippen molar-refractivity contribution in [3.8, 4) is 17.0 Å². The second kappa shape index (κ2) is 10.3. The Labute approximate surface area is 211 Å². The Kier molecular flexibility index (Phi) is 7.20. The second-order valence-electron chi connectivity index (χ2n) is 7.63. The van der Waals surface area contributed by atoms with Gasteiger partial charge >= 0.3 is 6.18 Å². The Bertz CT molecular complexity index is 1460. The molecule has 4 N–H and O–H groups in total. The molecule has 14 heteroatoms. The Morgan fingerprint density at radius 2 is 1.89 bits per heavy atom. The van der Waals surface area contributed by atoms with Crippen molar-refractivity contribution in [2.24, 2.45) is 12.0 Å². The predicted octanol–water partition coefficient (Wildman–Crippen LogP) is 4.93. The Morgan fingerprint density at radius 3 is 2.54 bits per heavy atom. The summed E-state index contributed by atoms with van der Waals surface area (Å²) in [6.45, 7) is 0. The fraction of sp³-hybridized carbons (Fsp3) is 0.130. The Balaban J connectivity index is 1.67. The maximum absolute atomic E-state index is 14.2. The molecule has 192 valence electrons. The number of aromatic hydroxyl groups is 1. The summed E-state index contributed by atoms with van der Waals surface area (Å²) in [6, 6.07) is 11.9. The molecule has 2 aromatic heterocycles. The maximum atomic E-state index is 14.2. The molecule has 0 atom stereocenters. The van der Waals surface area contributed by atoms with Crippen LogP contribution < -0.4 is 10.6 Å². The fourth-order valence-electron chi connectivity index (χ4n) is 3.28. The summed E-state index contributed by atoms with van der Waals surface area (Å²) in [5.41, 5.74) is -1.24. The molecule has 0 aliphatic carbocycles. The van der Waals surface area contributed by atoms with E-state index in [1.807, 2.05) is 6.26 Å². The SMILES string of the molecule is CSc1ccc(NC(=Nc2cc(-c3ccc(O)cc3F)[nH]n2)NC(=O)c2cn(C)nc2C(F)(F)F)cc1. The summed E-state index contributed by atoms with van der Waals surface area (Å²) in [4.78, 5) is 18.0. The number of hydrogen-bond donors (Lipinski definition) is 4. The van der Waals surface area contributed by atoms with E-state index in [9.17, 15) is 27.5 Å². The van der Waals surface area contributed by atoms with Crippen LogP contribution in [0.3, 0.4) is 0 Å². The number of nitrogens with one attached hydrogen (secondary N) is 3. The molecule has 0 bridgehead atoms. The average molecular weight is 534 g/mol. The first kappa shape index (κ1) is 25.8. The highest BCUT2D eigenvalue weighted by Gasteiger charge is 2.39. The number of rotatable bonds is 5. The smallest absolute Gasteiger partial charge is 0.435 e. The third-order valence-electron chi connectivity index (χ3n) is 4.96. The van der Waals surface area contributed by atoms with Crippen molar-refractivity contribution >= 4 is 35.1 Å². The van der Waals surface area contributed by atoms with Gasteiger partial charge in [0.1, 0.15) is 11.6 Å². The molecule has 0 spiro atoms. The zero-order valence-electron chi connectivity index (χ0n) is 19.3. The van der Waals surface area contributed by atoms with E-state index in [1.165, 1.54) is 37.0 Å². The average Bonchev–Trinajstić information content (AvgIpc) is 3.46. The van der Waals surface area contributed by atoms with E-state index in [2.05, 4.69) is 30.9 Å². The lowest BCUT2D eigenvalue weighted by molar-refractivity contribution is -0.141. The van der Waals surface area contributed by atoms with Crippen molar-refractivity contribution in [2.45, 2.75) is 11.1 Å². The molecule has 0 saturated heterocycles. The zero-order chi connectivity index (χ0) is 26.7. The van der Waals surface area contributed by atoms with E-state index in [4.69, 9.17) is 0 Å². The van der Waals surface area contributed by atoms with E-state index in [0.29, 0.717) is 5.69 Å². The van der Waals surface area contributed by atoms with Crippen molar-refractivity contribution in [3.63, 3.8) is 0 Å². The number of halogens is 4. The number of H-pyrrole nitrogens is 1. The van der Waals surface area contributed by atoms with Crippen LogP contribution in [-0.4, -0.2) is 43.2 Å². The number of aliphatic imine (C=N–C) groups is 1. The molecule has 1 amide bonds. The van der Waals surface area contributed by atoms with Crippen LogP contribution in [-0.2, 0) is 13.2 Å². The summed E-state index contributed by atoms with van der Waals surface area (Å²) in [5.74, 6) is -2.31. The predicted molar refractivity (Wildman–Crippen MR) is 130 cm³/mol. The van der Waals surface area contributed by atoms with E-state index < -0.39 is 29.2 Å². The second-order valence-corrected chi connectivity index (χ2v) is 8.51. The number of anilines is 1. The van der Waals surface area contributed by atoms with E-state index in [-0.39, 0.29) is 28.8 Å². The molecular formula is C23H19F4N7O2S. The van der Waals surface area contributed by atoms with Crippen molar-refractivity contribution in [2.75, 3.05) is 11.6 Å². The van der Waals surface area contributed by atoms with Crippen LogP contribution in [0.4, 0.5) is 29.1 Å². The Hall–Kier alpha value is -4.33. The molecule has 0 unspecified atom stereocenters. The number of benzene rings is 2. The lowest BCUT2D eigenvalue weighted by Gasteiger charge is -2.12. The molecule has 2 heterocycles. The number of thioether (sulfide) groups is 1. The highest BCUT2D eigenvalue weighted by Crippen LogP contribution is 2.31. The molecule has 2 aromatic carbocycles. The lowest BCUT2D eigenvalue weighted by Crippen LogP contribution is -2.36. The number of nitrogens with zero attached hydrogens (tertiary/aromatic N) is 4. The number of amides is 1. The molecule has 4 rings (SSSR count). The number of carbonyl (C=O) groups is 1. The highest BCUT2D eigenvalue weighted by atomic mass is 32.2. The number of phenolic OH excluding ortho intramolecular Hbond substituents is 1. The van der Waals surface area contributed by atoms with Crippen LogP contribution in [0.15, 0.2) is 64.6 Å². The molecule has 0 aliphatic rings. The van der Waals surface area contributed by atoms with Gasteiger partial charge in [-0.3, -0.25) is 19.9 Å². The van der Waals surface area contributed by atoms with Gasteiger partial charge in [0.25, 0.3) is 5.91 Å². The van der Waals surface area contributed by atoms with Crippen LogP contribution in [0, 0.1) is 5.82 Å². The van der Waals surface area contributed by atoms with Crippen LogP contribution in [0.2, 0.25) is 0 Å². The first-order valence-electron chi connectivity index (χ1n) is 10.5. The number of aryl methyl sites for hydroxylation is 1. The minimum absolute atomic E-state index is 0.00626. The first-order chi connectivity index (χ1) is 17.5. The van der Waals surface area contributed by atoms with E-state index >= 15 is 0 Å². The standard InChI is InChI=1S/C23H19F4N7O2S/c1-34-11-16(20(33-34)23(25,26)27)21(36)30-22(28-12-3-6-14(37-2)7-4-12)29-19-10-18(31-32-19)15-8-5-13(35)9-17(15)24/h3-11,35H,1-2H3,(H3,28,29,30,31,32,36). The molecular weight excluding hydrogens is 514 g/mol. The molecule has 37 heavy (non-hydrogen) atoms.